The molecule has 3 heterocycles. The fourth-order valence-electron chi connectivity index (χ4n) is 8.48. The molecule has 7 rings (SSSR count). The highest BCUT2D eigenvalue weighted by atomic mass is 35.5. The number of aliphatic hydroxyl groups is 2. The topological polar surface area (TPSA) is 123 Å². The van der Waals surface area contributed by atoms with Gasteiger partial charge in [0, 0.05) is 24.5 Å². The van der Waals surface area contributed by atoms with Crippen molar-refractivity contribution in [2.24, 2.45) is 34.0 Å². The summed E-state index contributed by atoms with van der Waals surface area (Å²) in [5.74, 6) is -5.56. The maximum absolute atomic E-state index is 14.0. The molecule has 1 unspecified atom stereocenters. The lowest BCUT2D eigenvalue weighted by molar-refractivity contribution is -0.436. The Morgan fingerprint density at radius 2 is 2.06 bits per heavy atom. The van der Waals surface area contributed by atoms with Gasteiger partial charge in [0.15, 0.2) is 5.78 Å². The molecule has 4 aliphatic carbocycles. The third-order valence-electron chi connectivity index (χ3n) is 9.83. The number of carbonyl (C=O) groups is 3. The Morgan fingerprint density at radius 1 is 1.31 bits per heavy atom. The van der Waals surface area contributed by atoms with E-state index in [1.807, 2.05) is 13.8 Å². The average Bonchev–Trinajstić information content (AvgIpc) is 2.93. The molecule has 8 atom stereocenters. The van der Waals surface area contributed by atoms with Gasteiger partial charge in [0.2, 0.25) is 5.79 Å². The number of fused-ring (bicyclic) bond motifs is 2. The third kappa shape index (κ3) is 2.44. The standard InChI is InChI=1S/C26H28ClNO7/c1-12-13-6-7-15-24-11-34-26(33,19(31)17(24)23(2,3)9-8-16(24)29)25(15,18(12)30)20(13)35-22(32)14-5-4-10-28-21(14)27/h4-5,10,13,15,17,19-20,31,33H,1,6-9,11H2,2-3H3/t13-,15-,17+,19-,20+,24?,25-,26+/m0/s1. The highest BCUT2D eigenvalue weighted by Crippen LogP contribution is 2.76. The van der Waals surface area contributed by atoms with Gasteiger partial charge in [-0.05, 0) is 48.3 Å². The van der Waals surface area contributed by atoms with E-state index in [1.165, 1.54) is 12.3 Å². The molecule has 9 heteroatoms. The van der Waals surface area contributed by atoms with Crippen molar-refractivity contribution in [2.45, 2.75) is 57.5 Å². The lowest BCUT2D eigenvalue weighted by atomic mass is 9.36. The summed E-state index contributed by atoms with van der Waals surface area (Å²) in [6, 6.07) is 3.00. The van der Waals surface area contributed by atoms with Crippen LogP contribution in [0.3, 0.4) is 0 Å². The van der Waals surface area contributed by atoms with Gasteiger partial charge in [-0.3, -0.25) is 9.59 Å². The Hall–Kier alpha value is -2.13. The van der Waals surface area contributed by atoms with Crippen molar-refractivity contribution in [3.05, 3.63) is 41.2 Å². The lowest BCUT2D eigenvalue weighted by Gasteiger charge is -2.72. The summed E-state index contributed by atoms with van der Waals surface area (Å²) in [5, 5.41) is 23.8. The van der Waals surface area contributed by atoms with Crippen molar-refractivity contribution < 1.29 is 34.1 Å². The largest absolute Gasteiger partial charge is 0.457 e. The summed E-state index contributed by atoms with van der Waals surface area (Å²) in [6.07, 6.45) is 0.513. The van der Waals surface area contributed by atoms with Crippen molar-refractivity contribution in [3.63, 3.8) is 0 Å². The van der Waals surface area contributed by atoms with Gasteiger partial charge in [-0.25, -0.2) is 9.78 Å². The van der Waals surface area contributed by atoms with Crippen LogP contribution >= 0.6 is 11.6 Å². The van der Waals surface area contributed by atoms with Gasteiger partial charge < -0.3 is 19.7 Å². The summed E-state index contributed by atoms with van der Waals surface area (Å²) in [6.45, 7) is 7.87. The highest BCUT2D eigenvalue weighted by Gasteiger charge is 2.88. The van der Waals surface area contributed by atoms with Crippen LogP contribution in [-0.2, 0) is 19.1 Å². The minimum atomic E-state index is -2.34. The number of esters is 1. The Kier molecular flexibility index (Phi) is 4.66. The highest BCUT2D eigenvalue weighted by molar-refractivity contribution is 6.32. The van der Waals surface area contributed by atoms with Crippen molar-refractivity contribution in [3.8, 4) is 0 Å². The van der Waals surface area contributed by atoms with Gasteiger partial charge >= 0.3 is 5.97 Å². The first-order chi connectivity index (χ1) is 16.4. The van der Waals surface area contributed by atoms with Crippen molar-refractivity contribution in [2.75, 3.05) is 6.61 Å². The Morgan fingerprint density at radius 3 is 2.77 bits per heavy atom. The van der Waals surface area contributed by atoms with Crippen LogP contribution in [0.5, 0.6) is 0 Å². The van der Waals surface area contributed by atoms with Crippen LogP contribution < -0.4 is 0 Å². The fraction of sp³-hybridized carbons (Fsp3) is 0.615. The third-order valence-corrected chi connectivity index (χ3v) is 10.1. The van der Waals surface area contributed by atoms with Crippen LogP contribution in [-0.4, -0.2) is 57.3 Å². The minimum absolute atomic E-state index is 0.0190. The normalized spacial score (nSPS) is 45.2. The molecular formula is C26H28ClNO7. The number of rotatable bonds is 2. The van der Waals surface area contributed by atoms with Crippen molar-refractivity contribution in [1.29, 1.82) is 0 Å². The maximum Gasteiger partial charge on any atom is 0.341 e. The molecule has 1 aromatic rings. The summed E-state index contributed by atoms with van der Waals surface area (Å²) >= 11 is 6.12. The number of ether oxygens (including phenoxy) is 2. The SMILES string of the molecule is C=C1C(=O)[C@]23[C@H](OC(=O)c4cccnc4Cl)[C@H]1CC[C@H]2C12CO[C@]3(O)[C@@H](O)[C@@H]1C(C)(C)CCC2=O. The van der Waals surface area contributed by atoms with E-state index in [2.05, 4.69) is 11.6 Å². The first-order valence-corrected chi connectivity index (χ1v) is 12.4. The zero-order chi connectivity index (χ0) is 25.1. The number of Topliss-reactive ketones (excluding diaryl/α,β-unsaturated/α-hetero) is 2. The van der Waals surface area contributed by atoms with E-state index in [-0.39, 0.29) is 28.7 Å². The van der Waals surface area contributed by atoms with Crippen LogP contribution in [0.2, 0.25) is 5.15 Å². The second kappa shape index (κ2) is 7.00. The average molecular weight is 502 g/mol. The molecule has 0 radical (unpaired) electrons. The summed E-state index contributed by atoms with van der Waals surface area (Å²) in [4.78, 5) is 44.9. The Labute approximate surface area is 207 Å². The van der Waals surface area contributed by atoms with E-state index >= 15 is 0 Å². The van der Waals surface area contributed by atoms with Crippen LogP contribution in [0.25, 0.3) is 0 Å². The molecule has 0 aromatic carbocycles. The van der Waals surface area contributed by atoms with Crippen LogP contribution in [0, 0.1) is 34.0 Å². The first kappa shape index (κ1) is 23.3. The van der Waals surface area contributed by atoms with Crippen LogP contribution in [0.15, 0.2) is 30.5 Å². The van der Waals surface area contributed by atoms with Gasteiger partial charge in [0.25, 0.3) is 0 Å². The van der Waals surface area contributed by atoms with Crippen LogP contribution in [0.1, 0.15) is 49.9 Å². The van der Waals surface area contributed by atoms with E-state index in [1.54, 1.807) is 6.07 Å². The molecule has 8 nitrogen and oxygen atoms in total. The molecule has 6 aliphatic rings. The second-order valence-electron chi connectivity index (χ2n) is 11.5. The predicted molar refractivity (Wildman–Crippen MR) is 122 cm³/mol. The smallest absolute Gasteiger partial charge is 0.341 e. The molecule has 35 heavy (non-hydrogen) atoms. The van der Waals surface area contributed by atoms with E-state index < -0.39 is 63.7 Å². The molecule has 1 aromatic heterocycles. The summed E-state index contributed by atoms with van der Waals surface area (Å²) in [7, 11) is 0. The minimum Gasteiger partial charge on any atom is -0.457 e. The number of nitrogens with zero attached hydrogens (tertiary/aromatic N) is 1. The van der Waals surface area contributed by atoms with Gasteiger partial charge in [-0.1, -0.05) is 32.0 Å². The van der Waals surface area contributed by atoms with Gasteiger partial charge in [0.05, 0.1) is 17.6 Å². The number of pyridine rings is 1. The first-order valence-electron chi connectivity index (χ1n) is 12.1. The molecule has 2 saturated heterocycles. The van der Waals surface area contributed by atoms with Gasteiger partial charge in [-0.2, -0.15) is 0 Å². The molecule has 2 N–H and O–H groups in total. The number of carbonyl (C=O) groups excluding carboxylic acids is 3. The quantitative estimate of drug-likeness (QED) is 0.360. The van der Waals surface area contributed by atoms with E-state index in [0.717, 1.165) is 0 Å². The Bertz CT molecular complexity index is 1200. The van der Waals surface area contributed by atoms with E-state index in [9.17, 15) is 24.6 Å². The summed E-state index contributed by atoms with van der Waals surface area (Å²) < 4.78 is 11.9. The zero-order valence-corrected chi connectivity index (χ0v) is 20.4. The second-order valence-corrected chi connectivity index (χ2v) is 11.8. The number of hydrogen-bond donors (Lipinski definition) is 2. The van der Waals surface area contributed by atoms with Gasteiger partial charge in [0.1, 0.15) is 28.6 Å². The van der Waals surface area contributed by atoms with Crippen LogP contribution in [0.4, 0.5) is 0 Å². The molecule has 6 fully saturated rings. The molecule has 2 spiro atoms. The molecule has 2 aliphatic heterocycles. The van der Waals surface area contributed by atoms with Gasteiger partial charge in [-0.15, -0.1) is 0 Å². The summed E-state index contributed by atoms with van der Waals surface area (Å²) in [5.41, 5.74) is -3.25. The van der Waals surface area contributed by atoms with E-state index in [0.29, 0.717) is 25.7 Å². The Balaban J connectivity index is 1.55. The molecule has 0 amide bonds. The van der Waals surface area contributed by atoms with Crippen molar-refractivity contribution in [1.82, 2.24) is 4.98 Å². The monoisotopic (exact) mass is 501 g/mol. The van der Waals surface area contributed by atoms with E-state index in [4.69, 9.17) is 21.1 Å². The molecule has 4 saturated carbocycles. The number of aliphatic hydroxyl groups excluding tert-OH is 1. The molecule has 186 valence electrons. The number of aromatic nitrogens is 1. The number of ketones is 2. The fourth-order valence-corrected chi connectivity index (χ4v) is 8.68. The lowest BCUT2D eigenvalue weighted by Crippen LogP contribution is -2.85. The van der Waals surface area contributed by atoms with Crippen molar-refractivity contribution >= 4 is 29.1 Å². The maximum atomic E-state index is 14.0. The molecular weight excluding hydrogens is 474 g/mol. The molecule has 4 bridgehead atoms. The zero-order valence-electron chi connectivity index (χ0n) is 19.6. The number of halogens is 1. The number of hydrogen-bond acceptors (Lipinski definition) is 8. The predicted octanol–water partition coefficient (Wildman–Crippen LogP) is 2.50.